The van der Waals surface area contributed by atoms with Gasteiger partial charge in [0.2, 0.25) is 0 Å². The molecule has 0 aromatic heterocycles. The van der Waals surface area contributed by atoms with E-state index in [9.17, 15) is 9.90 Å². The number of hydrogen-bond acceptors (Lipinski definition) is 3. The van der Waals surface area contributed by atoms with E-state index in [1.54, 1.807) is 17.9 Å². The van der Waals surface area contributed by atoms with Crippen molar-refractivity contribution in [2.75, 3.05) is 25.6 Å². The minimum atomic E-state index is -0.542. The number of hydrogen-bond donors (Lipinski definition) is 2. The van der Waals surface area contributed by atoms with Gasteiger partial charge in [0.25, 0.3) is 0 Å². The van der Waals surface area contributed by atoms with Crippen LogP contribution in [-0.4, -0.2) is 42.3 Å². The van der Waals surface area contributed by atoms with E-state index in [0.29, 0.717) is 18.9 Å². The zero-order valence-electron chi connectivity index (χ0n) is 12.0. The highest BCUT2D eigenvalue weighted by Crippen LogP contribution is 2.18. The number of aliphatic hydroxyl groups excluding tert-OH is 1. The molecule has 1 aromatic carbocycles. The quantitative estimate of drug-likeness (QED) is 0.892. The lowest BCUT2D eigenvalue weighted by atomic mass is 10.1. The SMILES string of the molecule is CC(O)c1cccc(NC(=O)N(C)C2CCOCC2)c1. The van der Waals surface area contributed by atoms with Crippen LogP contribution in [0.25, 0.3) is 0 Å². The van der Waals surface area contributed by atoms with Gasteiger partial charge in [-0.25, -0.2) is 4.79 Å². The third-order valence-corrected chi connectivity index (χ3v) is 3.68. The summed E-state index contributed by atoms with van der Waals surface area (Å²) in [5, 5.41) is 12.4. The molecule has 2 rings (SSSR count). The Balaban J connectivity index is 1.98. The minimum Gasteiger partial charge on any atom is -0.389 e. The van der Waals surface area contributed by atoms with E-state index in [1.807, 2.05) is 25.2 Å². The Hall–Kier alpha value is -1.59. The zero-order valence-corrected chi connectivity index (χ0v) is 12.0. The van der Waals surface area contributed by atoms with Crippen LogP contribution in [-0.2, 0) is 4.74 Å². The van der Waals surface area contributed by atoms with Gasteiger partial charge in [-0.15, -0.1) is 0 Å². The fourth-order valence-electron chi connectivity index (χ4n) is 2.33. The molecule has 2 N–H and O–H groups in total. The monoisotopic (exact) mass is 278 g/mol. The van der Waals surface area contributed by atoms with Crippen LogP contribution in [0.3, 0.4) is 0 Å². The number of nitrogens with zero attached hydrogens (tertiary/aromatic N) is 1. The smallest absolute Gasteiger partial charge is 0.321 e. The number of rotatable bonds is 3. The molecule has 0 radical (unpaired) electrons. The lowest BCUT2D eigenvalue weighted by Gasteiger charge is -2.31. The number of amides is 2. The fraction of sp³-hybridized carbons (Fsp3) is 0.533. The maximum Gasteiger partial charge on any atom is 0.321 e. The number of anilines is 1. The van der Waals surface area contributed by atoms with E-state index in [2.05, 4.69) is 5.32 Å². The Labute approximate surface area is 119 Å². The molecule has 1 heterocycles. The molecular formula is C15H22N2O3. The first kappa shape index (κ1) is 14.8. The van der Waals surface area contributed by atoms with Crippen LogP contribution in [0.4, 0.5) is 10.5 Å². The molecule has 1 aliphatic rings. The molecule has 1 aliphatic heterocycles. The molecule has 0 saturated carbocycles. The third kappa shape index (κ3) is 3.71. The Kier molecular flexibility index (Phi) is 4.98. The van der Waals surface area contributed by atoms with Crippen molar-refractivity contribution in [3.8, 4) is 0 Å². The van der Waals surface area contributed by atoms with Gasteiger partial charge >= 0.3 is 6.03 Å². The van der Waals surface area contributed by atoms with Crippen molar-refractivity contribution in [2.24, 2.45) is 0 Å². The molecule has 5 heteroatoms. The van der Waals surface area contributed by atoms with E-state index >= 15 is 0 Å². The molecule has 1 fully saturated rings. The number of aliphatic hydroxyl groups is 1. The van der Waals surface area contributed by atoms with Gasteiger partial charge in [-0.3, -0.25) is 0 Å². The van der Waals surface area contributed by atoms with Crippen molar-refractivity contribution in [1.82, 2.24) is 4.90 Å². The van der Waals surface area contributed by atoms with Gasteiger partial charge in [0.15, 0.2) is 0 Å². The summed E-state index contributed by atoms with van der Waals surface area (Å²) in [4.78, 5) is 13.9. The number of carbonyl (C=O) groups excluding carboxylic acids is 1. The topological polar surface area (TPSA) is 61.8 Å². The first-order chi connectivity index (χ1) is 9.58. The van der Waals surface area contributed by atoms with Gasteiger partial charge in [-0.2, -0.15) is 0 Å². The average molecular weight is 278 g/mol. The van der Waals surface area contributed by atoms with Crippen LogP contribution >= 0.6 is 0 Å². The second-order valence-electron chi connectivity index (χ2n) is 5.19. The van der Waals surface area contributed by atoms with Crippen molar-refractivity contribution in [1.29, 1.82) is 0 Å². The van der Waals surface area contributed by atoms with E-state index < -0.39 is 6.10 Å². The molecule has 20 heavy (non-hydrogen) atoms. The van der Waals surface area contributed by atoms with Crippen molar-refractivity contribution in [2.45, 2.75) is 31.9 Å². The lowest BCUT2D eigenvalue weighted by molar-refractivity contribution is 0.0544. The van der Waals surface area contributed by atoms with Crippen molar-refractivity contribution < 1.29 is 14.6 Å². The Morgan fingerprint density at radius 2 is 2.15 bits per heavy atom. The molecule has 2 amide bonds. The van der Waals surface area contributed by atoms with Crippen LogP contribution in [0.5, 0.6) is 0 Å². The van der Waals surface area contributed by atoms with Crippen molar-refractivity contribution in [3.63, 3.8) is 0 Å². The van der Waals surface area contributed by atoms with Crippen molar-refractivity contribution >= 4 is 11.7 Å². The molecule has 1 aromatic rings. The maximum atomic E-state index is 12.2. The highest BCUT2D eigenvalue weighted by Gasteiger charge is 2.22. The van der Waals surface area contributed by atoms with Gasteiger partial charge in [0.1, 0.15) is 0 Å². The van der Waals surface area contributed by atoms with Gasteiger partial charge in [0.05, 0.1) is 6.10 Å². The van der Waals surface area contributed by atoms with Gasteiger partial charge in [-0.05, 0) is 37.5 Å². The summed E-state index contributed by atoms with van der Waals surface area (Å²) in [5.41, 5.74) is 1.49. The number of urea groups is 1. The zero-order chi connectivity index (χ0) is 14.5. The summed E-state index contributed by atoms with van der Waals surface area (Å²) in [7, 11) is 1.81. The molecule has 5 nitrogen and oxygen atoms in total. The summed E-state index contributed by atoms with van der Waals surface area (Å²) in [6.07, 6.45) is 1.20. The van der Waals surface area contributed by atoms with Crippen LogP contribution in [0.15, 0.2) is 24.3 Å². The van der Waals surface area contributed by atoms with Gasteiger partial charge < -0.3 is 20.1 Å². The first-order valence-electron chi connectivity index (χ1n) is 6.97. The Morgan fingerprint density at radius 1 is 1.45 bits per heavy atom. The maximum absolute atomic E-state index is 12.2. The van der Waals surface area contributed by atoms with E-state index in [1.165, 1.54) is 0 Å². The largest absolute Gasteiger partial charge is 0.389 e. The first-order valence-corrected chi connectivity index (χ1v) is 6.97. The van der Waals surface area contributed by atoms with Crippen LogP contribution in [0.2, 0.25) is 0 Å². The van der Waals surface area contributed by atoms with Gasteiger partial charge in [0, 0.05) is 32.0 Å². The number of ether oxygens (including phenoxy) is 1. The van der Waals surface area contributed by atoms with E-state index in [-0.39, 0.29) is 12.1 Å². The summed E-state index contributed by atoms with van der Waals surface area (Å²) in [6.45, 7) is 3.12. The van der Waals surface area contributed by atoms with Crippen LogP contribution < -0.4 is 5.32 Å². The number of nitrogens with one attached hydrogen (secondary N) is 1. The highest BCUT2D eigenvalue weighted by atomic mass is 16.5. The average Bonchev–Trinajstić information content (AvgIpc) is 2.47. The van der Waals surface area contributed by atoms with Crippen molar-refractivity contribution in [3.05, 3.63) is 29.8 Å². The second-order valence-corrected chi connectivity index (χ2v) is 5.19. The number of carbonyl (C=O) groups is 1. The Morgan fingerprint density at radius 3 is 2.80 bits per heavy atom. The van der Waals surface area contributed by atoms with Crippen LogP contribution in [0.1, 0.15) is 31.4 Å². The molecule has 0 aliphatic carbocycles. The molecule has 110 valence electrons. The molecule has 0 spiro atoms. The normalized spacial score (nSPS) is 17.6. The van der Waals surface area contributed by atoms with E-state index in [4.69, 9.17) is 4.74 Å². The summed E-state index contributed by atoms with van der Waals surface area (Å²) >= 11 is 0. The minimum absolute atomic E-state index is 0.125. The molecule has 1 atom stereocenters. The predicted octanol–water partition coefficient (Wildman–Crippen LogP) is 2.38. The number of benzene rings is 1. The predicted molar refractivity (Wildman–Crippen MR) is 77.7 cm³/mol. The fourth-order valence-corrected chi connectivity index (χ4v) is 2.33. The molecule has 0 bridgehead atoms. The summed E-state index contributed by atoms with van der Waals surface area (Å²) < 4.78 is 5.30. The summed E-state index contributed by atoms with van der Waals surface area (Å²) in [6, 6.07) is 7.37. The highest BCUT2D eigenvalue weighted by molar-refractivity contribution is 5.89. The van der Waals surface area contributed by atoms with Gasteiger partial charge in [-0.1, -0.05) is 12.1 Å². The second kappa shape index (κ2) is 6.72. The standard InChI is InChI=1S/C15H22N2O3/c1-11(18)12-4-3-5-13(10-12)16-15(19)17(2)14-6-8-20-9-7-14/h3-5,10-11,14,18H,6-9H2,1-2H3,(H,16,19). The Bertz CT molecular complexity index is 456. The molecular weight excluding hydrogens is 256 g/mol. The molecule has 1 saturated heterocycles. The lowest BCUT2D eigenvalue weighted by Crippen LogP contribution is -2.42. The van der Waals surface area contributed by atoms with Crippen LogP contribution in [0, 0.1) is 0 Å². The van der Waals surface area contributed by atoms with E-state index in [0.717, 1.165) is 18.4 Å². The summed E-state index contributed by atoms with van der Waals surface area (Å²) in [5.74, 6) is 0. The molecule has 1 unspecified atom stereocenters. The third-order valence-electron chi connectivity index (χ3n) is 3.68.